The van der Waals surface area contributed by atoms with Gasteiger partial charge >= 0.3 is 0 Å². The third kappa shape index (κ3) is 2.39. The minimum absolute atomic E-state index is 0.0806. The summed E-state index contributed by atoms with van der Waals surface area (Å²) in [5.41, 5.74) is 5.01. The van der Waals surface area contributed by atoms with E-state index in [0.29, 0.717) is 12.0 Å². The van der Waals surface area contributed by atoms with E-state index in [1.807, 2.05) is 0 Å². The average Bonchev–Trinajstić information content (AvgIpc) is 3.16. The van der Waals surface area contributed by atoms with Crippen LogP contribution in [0.15, 0.2) is 23.2 Å². The van der Waals surface area contributed by atoms with E-state index >= 15 is 0 Å². The maximum absolute atomic E-state index is 6.06. The van der Waals surface area contributed by atoms with Crippen LogP contribution in [-0.4, -0.2) is 18.0 Å². The van der Waals surface area contributed by atoms with Gasteiger partial charge in [0.1, 0.15) is 6.61 Å². The highest BCUT2D eigenvalue weighted by molar-refractivity contribution is 5.97. The van der Waals surface area contributed by atoms with Crippen molar-refractivity contribution in [1.82, 2.24) is 0 Å². The Hall–Kier alpha value is -1.31. The number of aryl methyl sites for hydroxylation is 1. The molecule has 1 aromatic carbocycles. The number of ether oxygens (including phenoxy) is 1. The summed E-state index contributed by atoms with van der Waals surface area (Å²) < 4.78 is 6.06. The van der Waals surface area contributed by atoms with E-state index < -0.39 is 0 Å². The van der Waals surface area contributed by atoms with E-state index in [9.17, 15) is 0 Å². The first-order valence-electron chi connectivity index (χ1n) is 10.3. The van der Waals surface area contributed by atoms with Crippen molar-refractivity contribution >= 4 is 5.90 Å². The molecule has 0 radical (unpaired) electrons. The van der Waals surface area contributed by atoms with Crippen molar-refractivity contribution < 1.29 is 4.74 Å². The molecular formula is C23H31NO. The minimum atomic E-state index is -0.0806. The molecule has 0 amide bonds. The highest BCUT2D eigenvalue weighted by Crippen LogP contribution is 2.61. The van der Waals surface area contributed by atoms with Crippen LogP contribution in [0.4, 0.5) is 0 Å². The van der Waals surface area contributed by atoms with Crippen LogP contribution >= 0.6 is 0 Å². The van der Waals surface area contributed by atoms with Crippen LogP contribution in [0.25, 0.3) is 0 Å². The van der Waals surface area contributed by atoms with Crippen LogP contribution < -0.4 is 0 Å². The van der Waals surface area contributed by atoms with E-state index in [-0.39, 0.29) is 5.54 Å². The van der Waals surface area contributed by atoms with Crippen LogP contribution in [0.1, 0.15) is 81.9 Å². The van der Waals surface area contributed by atoms with Crippen molar-refractivity contribution in [2.45, 2.75) is 77.2 Å². The molecule has 1 aromatic rings. The second-order valence-corrected chi connectivity index (χ2v) is 9.90. The molecule has 0 N–H and O–H groups in total. The maximum atomic E-state index is 6.06. The molecule has 0 bridgehead atoms. The predicted molar refractivity (Wildman–Crippen MR) is 102 cm³/mol. The zero-order valence-electron chi connectivity index (χ0n) is 16.0. The lowest BCUT2D eigenvalue weighted by Crippen LogP contribution is -2.40. The predicted octanol–water partition coefficient (Wildman–Crippen LogP) is 5.49. The zero-order chi connectivity index (χ0) is 17.2. The van der Waals surface area contributed by atoms with Crippen LogP contribution in [-0.2, 0) is 11.2 Å². The van der Waals surface area contributed by atoms with E-state index in [1.54, 1.807) is 11.1 Å². The summed E-state index contributed by atoms with van der Waals surface area (Å²) >= 11 is 0. The minimum Gasteiger partial charge on any atom is -0.475 e. The molecule has 2 nitrogen and oxygen atoms in total. The Morgan fingerprint density at radius 3 is 2.76 bits per heavy atom. The summed E-state index contributed by atoms with van der Waals surface area (Å²) in [4.78, 5) is 4.91. The summed E-state index contributed by atoms with van der Waals surface area (Å²) in [5.74, 6) is 3.45. The van der Waals surface area contributed by atoms with E-state index in [0.717, 1.165) is 23.7 Å². The first-order valence-corrected chi connectivity index (χ1v) is 10.3. The summed E-state index contributed by atoms with van der Waals surface area (Å²) in [6, 6.07) is 6.84. The van der Waals surface area contributed by atoms with Crippen LogP contribution in [0.2, 0.25) is 0 Å². The van der Waals surface area contributed by atoms with Crippen molar-refractivity contribution in [2.75, 3.05) is 6.61 Å². The first-order chi connectivity index (χ1) is 12.0. The lowest BCUT2D eigenvalue weighted by molar-refractivity contribution is 0.0597. The number of benzene rings is 1. The Balaban J connectivity index is 1.58. The average molecular weight is 338 g/mol. The summed E-state index contributed by atoms with van der Waals surface area (Å²) in [5, 5.41) is 0. The Morgan fingerprint density at radius 1 is 1.08 bits per heavy atom. The fourth-order valence-corrected chi connectivity index (χ4v) is 6.54. The molecule has 0 spiro atoms. The van der Waals surface area contributed by atoms with Crippen molar-refractivity contribution in [3.8, 4) is 0 Å². The molecular weight excluding hydrogens is 306 g/mol. The molecule has 2 heteroatoms. The molecule has 0 unspecified atom stereocenters. The third-order valence-electron chi connectivity index (χ3n) is 7.73. The molecule has 2 saturated carbocycles. The topological polar surface area (TPSA) is 21.6 Å². The molecule has 3 aliphatic carbocycles. The smallest absolute Gasteiger partial charge is 0.217 e. The van der Waals surface area contributed by atoms with Gasteiger partial charge in [0.05, 0.1) is 5.54 Å². The lowest BCUT2D eigenvalue weighted by atomic mass is 9.55. The highest BCUT2D eigenvalue weighted by atomic mass is 16.5. The van der Waals surface area contributed by atoms with Gasteiger partial charge in [0.25, 0.3) is 0 Å². The number of rotatable bonds is 1. The Kier molecular flexibility index (Phi) is 3.40. The van der Waals surface area contributed by atoms with Gasteiger partial charge < -0.3 is 4.74 Å². The van der Waals surface area contributed by atoms with Crippen molar-refractivity contribution in [3.05, 3.63) is 34.9 Å². The lowest BCUT2D eigenvalue weighted by Gasteiger charge is -2.49. The molecule has 134 valence electrons. The summed E-state index contributed by atoms with van der Waals surface area (Å²) in [7, 11) is 0. The molecule has 1 aliphatic heterocycles. The van der Waals surface area contributed by atoms with Gasteiger partial charge in [0.15, 0.2) is 0 Å². The first kappa shape index (κ1) is 15.9. The molecule has 0 aromatic heterocycles. The van der Waals surface area contributed by atoms with Crippen LogP contribution in [0, 0.1) is 17.3 Å². The quantitative estimate of drug-likeness (QED) is 0.664. The van der Waals surface area contributed by atoms with Gasteiger partial charge in [0.2, 0.25) is 5.90 Å². The van der Waals surface area contributed by atoms with E-state index in [4.69, 9.17) is 9.73 Å². The second kappa shape index (κ2) is 5.34. The summed E-state index contributed by atoms with van der Waals surface area (Å²) in [6.45, 7) is 7.63. The monoisotopic (exact) mass is 337 g/mol. The van der Waals surface area contributed by atoms with Crippen LogP contribution in [0.3, 0.4) is 0 Å². The van der Waals surface area contributed by atoms with Gasteiger partial charge in [-0.05, 0) is 92.7 Å². The van der Waals surface area contributed by atoms with Gasteiger partial charge in [-0.15, -0.1) is 0 Å². The SMILES string of the molecule is CC1(C)COC(c2cccc3c2[C@H]2CC[C@]4(C)CCC[C@H]4[C@@H]2CC3)=N1. The standard InChI is InChI=1S/C23H31NO/c1-22(2)14-25-21(24-22)18-7-4-6-15-9-10-16-17(20(15)18)11-13-23(3)12-5-8-19(16)23/h4,6-7,16-17,19H,5,8-14H2,1-3H3/t16-,17+,19+,23+/m1/s1. The molecule has 2 fully saturated rings. The number of aliphatic imine (C=N–C) groups is 1. The number of nitrogens with zero attached hydrogens (tertiary/aromatic N) is 1. The summed E-state index contributed by atoms with van der Waals surface area (Å²) in [6.07, 6.45) is 9.76. The Morgan fingerprint density at radius 2 is 1.96 bits per heavy atom. The van der Waals surface area contributed by atoms with Gasteiger partial charge in [-0.3, -0.25) is 0 Å². The number of hydrogen-bond donors (Lipinski definition) is 0. The van der Waals surface area contributed by atoms with E-state index in [1.165, 1.54) is 50.5 Å². The van der Waals surface area contributed by atoms with Gasteiger partial charge in [-0.25, -0.2) is 4.99 Å². The number of fused-ring (bicyclic) bond motifs is 5. The largest absolute Gasteiger partial charge is 0.475 e. The van der Waals surface area contributed by atoms with Gasteiger partial charge in [-0.2, -0.15) is 0 Å². The molecule has 25 heavy (non-hydrogen) atoms. The van der Waals surface area contributed by atoms with E-state index in [2.05, 4.69) is 39.0 Å². The molecule has 0 saturated heterocycles. The van der Waals surface area contributed by atoms with Gasteiger partial charge in [0, 0.05) is 5.56 Å². The Labute approximate surface area is 152 Å². The third-order valence-corrected chi connectivity index (χ3v) is 7.73. The zero-order valence-corrected chi connectivity index (χ0v) is 16.0. The fraction of sp³-hybridized carbons (Fsp3) is 0.696. The normalized spacial score (nSPS) is 38.4. The molecule has 1 heterocycles. The van der Waals surface area contributed by atoms with Crippen molar-refractivity contribution in [1.29, 1.82) is 0 Å². The van der Waals surface area contributed by atoms with Crippen molar-refractivity contribution in [3.63, 3.8) is 0 Å². The van der Waals surface area contributed by atoms with Gasteiger partial charge in [-0.1, -0.05) is 25.5 Å². The number of hydrogen-bond acceptors (Lipinski definition) is 2. The van der Waals surface area contributed by atoms with Crippen molar-refractivity contribution in [2.24, 2.45) is 22.2 Å². The molecule has 5 rings (SSSR count). The second-order valence-electron chi connectivity index (χ2n) is 9.90. The highest BCUT2D eigenvalue weighted by Gasteiger charge is 2.50. The van der Waals surface area contributed by atoms with Crippen LogP contribution in [0.5, 0.6) is 0 Å². The Bertz CT molecular complexity index is 734. The fourth-order valence-electron chi connectivity index (χ4n) is 6.54. The molecule has 4 aliphatic rings. The maximum Gasteiger partial charge on any atom is 0.217 e. The molecule has 4 atom stereocenters.